The Balaban J connectivity index is 2.13. The first-order chi connectivity index (χ1) is 7.04. The maximum Gasteiger partial charge on any atom is 0.147 e. The summed E-state index contributed by atoms with van der Waals surface area (Å²) in [6.07, 6.45) is 2.57. The van der Waals surface area contributed by atoms with Crippen LogP contribution in [0.25, 0.3) is 0 Å². The summed E-state index contributed by atoms with van der Waals surface area (Å²) in [4.78, 5) is 6.28. The molecule has 2 N–H and O–H groups in total. The van der Waals surface area contributed by atoms with Crippen LogP contribution in [0.5, 0.6) is 0 Å². The largest absolute Gasteiger partial charge is 0.352 e. The highest BCUT2D eigenvalue weighted by Gasteiger charge is 2.39. The van der Waals surface area contributed by atoms with Crippen molar-refractivity contribution in [2.24, 2.45) is 5.73 Å². The summed E-state index contributed by atoms with van der Waals surface area (Å²) < 4.78 is 0. The van der Waals surface area contributed by atoms with Gasteiger partial charge in [0.15, 0.2) is 0 Å². The molecule has 0 spiro atoms. The van der Waals surface area contributed by atoms with Crippen molar-refractivity contribution in [2.45, 2.75) is 18.9 Å². The molecule has 0 aromatic carbocycles. The van der Waals surface area contributed by atoms with E-state index in [1.165, 1.54) is 0 Å². The molecule has 82 valence electrons. The minimum atomic E-state index is -0.0787. The number of hydrogen-bond donors (Lipinski definition) is 1. The molecule has 0 amide bonds. The van der Waals surface area contributed by atoms with E-state index in [0.717, 1.165) is 25.3 Å². The first kappa shape index (κ1) is 11.0. The van der Waals surface area contributed by atoms with Gasteiger partial charge in [0.2, 0.25) is 0 Å². The van der Waals surface area contributed by atoms with E-state index in [1.807, 2.05) is 0 Å². The van der Waals surface area contributed by atoms with Crippen molar-refractivity contribution in [3.63, 3.8) is 0 Å². The molecular formula is C10H13Cl2N3. The predicted molar refractivity (Wildman–Crippen MR) is 63.7 cm³/mol. The highest BCUT2D eigenvalue weighted by molar-refractivity contribution is 6.36. The van der Waals surface area contributed by atoms with E-state index in [-0.39, 0.29) is 5.54 Å². The second kappa shape index (κ2) is 3.81. The van der Waals surface area contributed by atoms with Gasteiger partial charge in [-0.15, -0.1) is 0 Å². The highest BCUT2D eigenvalue weighted by Crippen LogP contribution is 2.32. The summed E-state index contributed by atoms with van der Waals surface area (Å²) in [5, 5.41) is 1.14. The maximum atomic E-state index is 6.07. The van der Waals surface area contributed by atoms with E-state index in [9.17, 15) is 0 Å². The van der Waals surface area contributed by atoms with Crippen LogP contribution in [0.1, 0.15) is 13.3 Å². The molecule has 1 saturated heterocycles. The third-order valence-electron chi connectivity index (χ3n) is 2.80. The molecule has 0 unspecified atom stereocenters. The van der Waals surface area contributed by atoms with Gasteiger partial charge in [0.25, 0.3) is 0 Å². The molecule has 5 heteroatoms. The molecule has 1 aliphatic rings. The summed E-state index contributed by atoms with van der Waals surface area (Å²) >= 11 is 11.8. The van der Waals surface area contributed by atoms with Crippen LogP contribution in [0.3, 0.4) is 0 Å². The van der Waals surface area contributed by atoms with Crippen molar-refractivity contribution < 1.29 is 0 Å². The maximum absolute atomic E-state index is 6.07. The Morgan fingerprint density at radius 2 is 2.20 bits per heavy atom. The average Bonchev–Trinajstić information content (AvgIpc) is 2.14. The Hall–Kier alpha value is -0.510. The van der Waals surface area contributed by atoms with Crippen LogP contribution < -0.4 is 10.6 Å². The van der Waals surface area contributed by atoms with Crippen LogP contribution in [0.4, 0.5) is 5.82 Å². The average molecular weight is 246 g/mol. The molecule has 0 aliphatic carbocycles. The van der Waals surface area contributed by atoms with Crippen molar-refractivity contribution in [1.82, 2.24) is 4.98 Å². The van der Waals surface area contributed by atoms with E-state index in [1.54, 1.807) is 12.3 Å². The number of hydrogen-bond acceptors (Lipinski definition) is 3. The Kier molecular flexibility index (Phi) is 2.79. The van der Waals surface area contributed by atoms with Gasteiger partial charge in [-0.2, -0.15) is 0 Å². The lowest BCUT2D eigenvalue weighted by Crippen LogP contribution is -2.67. The summed E-state index contributed by atoms with van der Waals surface area (Å²) in [5.74, 6) is 0.774. The fourth-order valence-corrected chi connectivity index (χ4v) is 2.23. The smallest absolute Gasteiger partial charge is 0.147 e. The molecule has 2 heterocycles. The zero-order chi connectivity index (χ0) is 11.1. The zero-order valence-corrected chi connectivity index (χ0v) is 10.0. The zero-order valence-electron chi connectivity index (χ0n) is 8.50. The molecule has 0 saturated carbocycles. The molecule has 1 aromatic heterocycles. The molecule has 0 atom stereocenters. The minimum Gasteiger partial charge on any atom is -0.352 e. The topological polar surface area (TPSA) is 42.1 Å². The van der Waals surface area contributed by atoms with Crippen molar-refractivity contribution in [3.05, 3.63) is 22.3 Å². The monoisotopic (exact) mass is 245 g/mol. The first-order valence-corrected chi connectivity index (χ1v) is 5.64. The van der Waals surface area contributed by atoms with E-state index in [4.69, 9.17) is 28.9 Å². The second-order valence-electron chi connectivity index (χ2n) is 4.03. The number of anilines is 1. The highest BCUT2D eigenvalue weighted by atomic mass is 35.5. The Bertz CT molecular complexity index is 375. The standard InChI is InChI=1S/C10H13Cl2N3/c1-2-10(13)5-15(6-10)9-8(12)3-7(11)4-14-9/h3-4H,2,5-6,13H2,1H3. The lowest BCUT2D eigenvalue weighted by molar-refractivity contribution is 0.320. The molecule has 0 radical (unpaired) electrons. The SMILES string of the molecule is CCC1(N)CN(c2ncc(Cl)cc2Cl)C1. The molecular weight excluding hydrogens is 233 g/mol. The molecule has 1 fully saturated rings. The fourth-order valence-electron chi connectivity index (χ4n) is 1.73. The lowest BCUT2D eigenvalue weighted by atomic mass is 9.88. The Morgan fingerprint density at radius 3 is 2.73 bits per heavy atom. The van der Waals surface area contributed by atoms with E-state index in [2.05, 4.69) is 16.8 Å². The van der Waals surface area contributed by atoms with Crippen molar-refractivity contribution in [2.75, 3.05) is 18.0 Å². The van der Waals surface area contributed by atoms with Gasteiger partial charge in [0, 0.05) is 19.3 Å². The molecule has 2 rings (SSSR count). The van der Waals surface area contributed by atoms with Crippen LogP contribution in [-0.2, 0) is 0 Å². The second-order valence-corrected chi connectivity index (χ2v) is 4.87. The van der Waals surface area contributed by atoms with Crippen LogP contribution in [0, 0.1) is 0 Å². The number of pyridine rings is 1. The Morgan fingerprint density at radius 1 is 1.53 bits per heavy atom. The minimum absolute atomic E-state index is 0.0787. The summed E-state index contributed by atoms with van der Waals surface area (Å²) in [5.41, 5.74) is 5.99. The van der Waals surface area contributed by atoms with Crippen LogP contribution >= 0.6 is 23.2 Å². The summed E-state index contributed by atoms with van der Waals surface area (Å²) in [7, 11) is 0. The Labute approximate surface area is 99.2 Å². The number of nitrogens with zero attached hydrogens (tertiary/aromatic N) is 2. The van der Waals surface area contributed by atoms with Gasteiger partial charge < -0.3 is 10.6 Å². The molecule has 3 nitrogen and oxygen atoms in total. The quantitative estimate of drug-likeness (QED) is 0.870. The fraction of sp³-hybridized carbons (Fsp3) is 0.500. The van der Waals surface area contributed by atoms with E-state index >= 15 is 0 Å². The predicted octanol–water partition coefficient (Wildman–Crippen LogP) is 2.32. The van der Waals surface area contributed by atoms with Gasteiger partial charge in [-0.1, -0.05) is 30.1 Å². The number of halogens is 2. The third kappa shape index (κ3) is 2.05. The van der Waals surface area contributed by atoms with Crippen LogP contribution in [0.15, 0.2) is 12.3 Å². The first-order valence-electron chi connectivity index (χ1n) is 4.89. The van der Waals surface area contributed by atoms with Gasteiger partial charge in [-0.3, -0.25) is 0 Å². The molecule has 15 heavy (non-hydrogen) atoms. The van der Waals surface area contributed by atoms with Crippen LogP contribution in [0.2, 0.25) is 10.0 Å². The molecule has 1 aliphatic heterocycles. The van der Waals surface area contributed by atoms with Gasteiger partial charge in [0.1, 0.15) is 5.82 Å². The lowest BCUT2D eigenvalue weighted by Gasteiger charge is -2.48. The number of rotatable bonds is 2. The van der Waals surface area contributed by atoms with Gasteiger partial charge in [0.05, 0.1) is 15.6 Å². The third-order valence-corrected chi connectivity index (χ3v) is 3.29. The van der Waals surface area contributed by atoms with Gasteiger partial charge in [-0.05, 0) is 12.5 Å². The van der Waals surface area contributed by atoms with E-state index in [0.29, 0.717) is 10.0 Å². The normalized spacial score (nSPS) is 18.8. The molecule has 1 aromatic rings. The van der Waals surface area contributed by atoms with E-state index < -0.39 is 0 Å². The number of aromatic nitrogens is 1. The van der Waals surface area contributed by atoms with Crippen molar-refractivity contribution in [3.8, 4) is 0 Å². The summed E-state index contributed by atoms with van der Waals surface area (Å²) in [6, 6.07) is 1.70. The van der Waals surface area contributed by atoms with Crippen molar-refractivity contribution >= 4 is 29.0 Å². The van der Waals surface area contributed by atoms with Crippen molar-refractivity contribution in [1.29, 1.82) is 0 Å². The number of nitrogens with two attached hydrogens (primary N) is 1. The molecule has 0 bridgehead atoms. The van der Waals surface area contributed by atoms with Gasteiger partial charge in [-0.25, -0.2) is 4.98 Å². The summed E-state index contributed by atoms with van der Waals surface area (Å²) in [6.45, 7) is 3.70. The van der Waals surface area contributed by atoms with Gasteiger partial charge >= 0.3 is 0 Å². The van der Waals surface area contributed by atoms with Crippen LogP contribution in [-0.4, -0.2) is 23.6 Å².